The van der Waals surface area contributed by atoms with Gasteiger partial charge in [-0.3, -0.25) is 4.79 Å². The highest BCUT2D eigenvalue weighted by Gasteiger charge is 2.05. The summed E-state index contributed by atoms with van der Waals surface area (Å²) < 4.78 is 5.12. The average Bonchev–Trinajstić information content (AvgIpc) is 2.41. The van der Waals surface area contributed by atoms with Gasteiger partial charge < -0.3 is 15.8 Å². The summed E-state index contributed by atoms with van der Waals surface area (Å²) in [6, 6.07) is 3.38. The number of aromatic nitrogens is 1. The second-order valence-corrected chi connectivity index (χ2v) is 3.39. The zero-order chi connectivity index (χ0) is 13.2. The molecular formula is C13H17N3O2. The smallest absolute Gasteiger partial charge is 0.269 e. The molecule has 0 radical (unpaired) electrons. The van der Waals surface area contributed by atoms with Gasteiger partial charge in [-0.2, -0.15) is 0 Å². The fraction of sp³-hybridized carbons (Fsp3) is 0.385. The van der Waals surface area contributed by atoms with E-state index in [9.17, 15) is 4.79 Å². The van der Waals surface area contributed by atoms with Gasteiger partial charge in [0.2, 0.25) is 0 Å². The van der Waals surface area contributed by atoms with Gasteiger partial charge >= 0.3 is 0 Å². The fourth-order valence-corrected chi connectivity index (χ4v) is 1.23. The highest BCUT2D eigenvalue weighted by molar-refractivity contribution is 5.92. The Bertz CT molecular complexity index is 432. The second-order valence-electron chi connectivity index (χ2n) is 3.39. The van der Waals surface area contributed by atoms with E-state index >= 15 is 0 Å². The van der Waals surface area contributed by atoms with Crippen LogP contribution in [-0.4, -0.2) is 37.2 Å². The molecule has 0 saturated heterocycles. The second kappa shape index (κ2) is 8.23. The number of hydrogen-bond donors (Lipinski definition) is 2. The van der Waals surface area contributed by atoms with Gasteiger partial charge in [0.25, 0.3) is 5.91 Å². The number of nitrogens with one attached hydrogen (secondary N) is 1. The molecule has 0 saturated carbocycles. The maximum absolute atomic E-state index is 11.6. The molecule has 1 aromatic rings. The summed E-state index contributed by atoms with van der Waals surface area (Å²) in [4.78, 5) is 15.7. The van der Waals surface area contributed by atoms with Crippen LogP contribution in [0, 0.1) is 11.8 Å². The highest BCUT2D eigenvalue weighted by Crippen LogP contribution is 1.98. The lowest BCUT2D eigenvalue weighted by Crippen LogP contribution is -2.27. The maximum atomic E-state index is 11.6. The van der Waals surface area contributed by atoms with E-state index in [1.807, 2.05) is 6.92 Å². The number of rotatable bonds is 5. The van der Waals surface area contributed by atoms with Gasteiger partial charge in [-0.1, -0.05) is 11.8 Å². The lowest BCUT2D eigenvalue weighted by atomic mass is 10.2. The molecule has 0 aliphatic heterocycles. The van der Waals surface area contributed by atoms with E-state index in [0.29, 0.717) is 32.0 Å². The summed E-state index contributed by atoms with van der Waals surface area (Å²) in [5.41, 5.74) is 6.37. The van der Waals surface area contributed by atoms with Crippen molar-refractivity contribution >= 4 is 5.91 Å². The van der Waals surface area contributed by atoms with Gasteiger partial charge in [0.1, 0.15) is 5.69 Å². The molecule has 5 heteroatoms. The Morgan fingerprint density at radius 1 is 1.56 bits per heavy atom. The van der Waals surface area contributed by atoms with E-state index < -0.39 is 0 Å². The summed E-state index contributed by atoms with van der Waals surface area (Å²) >= 11 is 0. The summed E-state index contributed by atoms with van der Waals surface area (Å²) in [5, 5.41) is 2.71. The van der Waals surface area contributed by atoms with Crippen molar-refractivity contribution in [1.82, 2.24) is 10.3 Å². The molecule has 3 N–H and O–H groups in total. The predicted molar refractivity (Wildman–Crippen MR) is 69.0 cm³/mol. The van der Waals surface area contributed by atoms with E-state index in [-0.39, 0.29) is 5.91 Å². The van der Waals surface area contributed by atoms with Crippen LogP contribution in [0.5, 0.6) is 0 Å². The number of pyridine rings is 1. The first-order valence-corrected chi connectivity index (χ1v) is 5.79. The number of carbonyl (C=O) groups is 1. The van der Waals surface area contributed by atoms with Crippen LogP contribution in [0.1, 0.15) is 23.0 Å². The summed E-state index contributed by atoms with van der Waals surface area (Å²) in [7, 11) is 0. The Kier molecular flexibility index (Phi) is 6.47. The van der Waals surface area contributed by atoms with E-state index in [0.717, 1.165) is 5.56 Å². The van der Waals surface area contributed by atoms with E-state index in [1.54, 1.807) is 18.3 Å². The van der Waals surface area contributed by atoms with Crippen molar-refractivity contribution in [1.29, 1.82) is 0 Å². The number of hydrogen-bond acceptors (Lipinski definition) is 4. The largest absolute Gasteiger partial charge is 0.380 e. The van der Waals surface area contributed by atoms with Crippen LogP contribution < -0.4 is 11.1 Å². The molecule has 0 atom stereocenters. The first-order valence-electron chi connectivity index (χ1n) is 5.79. The molecule has 0 bridgehead atoms. The molecule has 1 amide bonds. The molecule has 96 valence electrons. The van der Waals surface area contributed by atoms with E-state index in [2.05, 4.69) is 22.1 Å². The topological polar surface area (TPSA) is 77.2 Å². The minimum Gasteiger partial charge on any atom is -0.380 e. The van der Waals surface area contributed by atoms with Crippen LogP contribution in [0.4, 0.5) is 0 Å². The van der Waals surface area contributed by atoms with E-state index in [4.69, 9.17) is 10.5 Å². The van der Waals surface area contributed by atoms with Crippen LogP contribution in [0.25, 0.3) is 0 Å². The zero-order valence-corrected chi connectivity index (χ0v) is 10.4. The molecule has 0 aromatic carbocycles. The van der Waals surface area contributed by atoms with Crippen LogP contribution >= 0.6 is 0 Å². The minimum absolute atomic E-state index is 0.215. The van der Waals surface area contributed by atoms with Gasteiger partial charge in [-0.15, -0.1) is 0 Å². The molecule has 0 unspecified atom stereocenters. The van der Waals surface area contributed by atoms with Gasteiger partial charge in [0.05, 0.1) is 13.2 Å². The van der Waals surface area contributed by atoms with Crippen LogP contribution in [0.15, 0.2) is 18.3 Å². The number of amides is 1. The molecule has 0 aliphatic carbocycles. The van der Waals surface area contributed by atoms with Crippen molar-refractivity contribution in [2.24, 2.45) is 5.73 Å². The third-order valence-electron chi connectivity index (χ3n) is 2.07. The lowest BCUT2D eigenvalue weighted by molar-refractivity contribution is 0.0918. The van der Waals surface area contributed by atoms with Gasteiger partial charge in [-0.25, -0.2) is 4.98 Å². The zero-order valence-electron chi connectivity index (χ0n) is 10.4. The normalized spacial score (nSPS) is 9.44. The first kappa shape index (κ1) is 14.2. The molecular weight excluding hydrogens is 230 g/mol. The van der Waals surface area contributed by atoms with Crippen molar-refractivity contribution in [3.63, 3.8) is 0 Å². The highest BCUT2D eigenvalue weighted by atomic mass is 16.5. The molecule has 1 rings (SSSR count). The van der Waals surface area contributed by atoms with Gasteiger partial charge in [0.15, 0.2) is 0 Å². The number of nitrogens with two attached hydrogens (primary N) is 1. The Morgan fingerprint density at radius 2 is 2.39 bits per heavy atom. The van der Waals surface area contributed by atoms with Crippen molar-refractivity contribution in [2.75, 3.05) is 26.3 Å². The Morgan fingerprint density at radius 3 is 3.00 bits per heavy atom. The summed E-state index contributed by atoms with van der Waals surface area (Å²) in [6.45, 7) is 3.83. The third-order valence-corrected chi connectivity index (χ3v) is 2.07. The first-order chi connectivity index (χ1) is 8.77. The quantitative estimate of drug-likeness (QED) is 0.574. The van der Waals surface area contributed by atoms with Crippen LogP contribution in [0.3, 0.4) is 0 Å². The van der Waals surface area contributed by atoms with Crippen LogP contribution in [0.2, 0.25) is 0 Å². The van der Waals surface area contributed by atoms with Crippen LogP contribution in [-0.2, 0) is 4.74 Å². The standard InChI is InChI=1S/C13H17N3O2/c1-2-18-9-8-15-13(17)12-6-5-11(10-16-12)4-3-7-14/h5-6,10H,2,7-9,14H2,1H3,(H,15,17). The summed E-state index contributed by atoms with van der Waals surface area (Å²) in [6.07, 6.45) is 1.56. The van der Waals surface area contributed by atoms with E-state index in [1.165, 1.54) is 0 Å². The summed E-state index contributed by atoms with van der Waals surface area (Å²) in [5.74, 6) is 5.35. The monoisotopic (exact) mass is 247 g/mol. The predicted octanol–water partition coefficient (Wildman–Crippen LogP) is 0.158. The van der Waals surface area contributed by atoms with Crippen molar-refractivity contribution in [2.45, 2.75) is 6.92 Å². The SMILES string of the molecule is CCOCCNC(=O)c1ccc(C#CCN)cn1. The maximum Gasteiger partial charge on any atom is 0.269 e. The Balaban J connectivity index is 2.48. The Hall–Kier alpha value is -1.90. The molecule has 5 nitrogen and oxygen atoms in total. The van der Waals surface area contributed by atoms with Crippen molar-refractivity contribution in [3.05, 3.63) is 29.6 Å². The number of carbonyl (C=O) groups excluding carboxylic acids is 1. The molecule has 1 aromatic heterocycles. The van der Waals surface area contributed by atoms with Crippen molar-refractivity contribution < 1.29 is 9.53 Å². The number of ether oxygens (including phenoxy) is 1. The molecule has 18 heavy (non-hydrogen) atoms. The minimum atomic E-state index is -0.215. The molecule has 0 fully saturated rings. The number of nitrogens with zero attached hydrogens (tertiary/aromatic N) is 1. The average molecular weight is 247 g/mol. The third kappa shape index (κ3) is 4.95. The fourth-order valence-electron chi connectivity index (χ4n) is 1.23. The van der Waals surface area contributed by atoms with Crippen molar-refractivity contribution in [3.8, 4) is 11.8 Å². The Labute approximate surface area is 107 Å². The van der Waals surface area contributed by atoms with Gasteiger partial charge in [-0.05, 0) is 19.1 Å². The van der Waals surface area contributed by atoms with Gasteiger partial charge in [0, 0.05) is 24.9 Å². The lowest BCUT2D eigenvalue weighted by Gasteiger charge is -2.04. The molecule has 0 spiro atoms. The molecule has 0 aliphatic rings. The molecule has 1 heterocycles.